The van der Waals surface area contributed by atoms with Gasteiger partial charge in [-0.25, -0.2) is 0 Å². The molecule has 102 valence electrons. The predicted molar refractivity (Wildman–Crippen MR) is 72.6 cm³/mol. The second-order valence-corrected chi connectivity index (χ2v) is 5.81. The van der Waals surface area contributed by atoms with Gasteiger partial charge in [0, 0.05) is 29.9 Å². The lowest BCUT2D eigenvalue weighted by atomic mass is 10.0. The minimum Gasteiger partial charge on any atom is -0.468 e. The molecule has 18 heavy (non-hydrogen) atoms. The molecule has 1 unspecified atom stereocenters. The molecule has 6 heteroatoms. The van der Waals surface area contributed by atoms with Crippen LogP contribution in [-0.2, 0) is 16.6 Å². The Morgan fingerprint density at radius 1 is 1.67 bits per heavy atom. The lowest BCUT2D eigenvalue weighted by Crippen LogP contribution is -2.54. The predicted octanol–water partition coefficient (Wildman–Crippen LogP) is 1.44. The molecule has 0 bridgehead atoms. The molecule has 1 rings (SSSR count). The summed E-state index contributed by atoms with van der Waals surface area (Å²) < 4.78 is 6.62. The standard InChI is InChI=1S/C12H21N3O2S/c1-9(2)14-12(3,11(16)17-5)8-18-10-6-13-15(4)7-10/h6-7,9,14H,8H2,1-5H3. The van der Waals surface area contributed by atoms with E-state index in [1.165, 1.54) is 7.11 Å². The van der Waals surface area contributed by atoms with Crippen molar-refractivity contribution in [2.45, 2.75) is 37.2 Å². The minimum atomic E-state index is -0.691. The Morgan fingerprint density at radius 2 is 2.33 bits per heavy atom. The van der Waals surface area contributed by atoms with Crippen LogP contribution in [0.3, 0.4) is 0 Å². The normalized spacial score (nSPS) is 14.6. The molecule has 0 radical (unpaired) electrons. The van der Waals surface area contributed by atoms with Crippen molar-refractivity contribution in [1.82, 2.24) is 15.1 Å². The molecule has 1 aromatic rings. The number of hydrogen-bond acceptors (Lipinski definition) is 5. The van der Waals surface area contributed by atoms with Crippen molar-refractivity contribution in [3.63, 3.8) is 0 Å². The van der Waals surface area contributed by atoms with Gasteiger partial charge in [0.1, 0.15) is 5.54 Å². The Labute approximate surface area is 112 Å². The van der Waals surface area contributed by atoms with Gasteiger partial charge in [-0.15, -0.1) is 11.8 Å². The summed E-state index contributed by atoms with van der Waals surface area (Å²) in [6, 6.07) is 0.212. The molecular formula is C12H21N3O2S. The van der Waals surface area contributed by atoms with Crippen LogP contribution in [0, 0.1) is 0 Å². The summed E-state index contributed by atoms with van der Waals surface area (Å²) >= 11 is 1.59. The van der Waals surface area contributed by atoms with E-state index < -0.39 is 5.54 Å². The molecule has 0 amide bonds. The van der Waals surface area contributed by atoms with Crippen LogP contribution < -0.4 is 5.32 Å². The summed E-state index contributed by atoms with van der Waals surface area (Å²) in [6.07, 6.45) is 3.72. The maximum absolute atomic E-state index is 11.9. The number of thioether (sulfide) groups is 1. The van der Waals surface area contributed by atoms with Crippen LogP contribution in [0.25, 0.3) is 0 Å². The third-order valence-corrected chi connectivity index (χ3v) is 3.72. The van der Waals surface area contributed by atoms with Crippen molar-refractivity contribution in [3.8, 4) is 0 Å². The van der Waals surface area contributed by atoms with Gasteiger partial charge >= 0.3 is 5.97 Å². The highest BCUT2D eigenvalue weighted by molar-refractivity contribution is 7.99. The molecule has 1 N–H and O–H groups in total. The van der Waals surface area contributed by atoms with Crippen molar-refractivity contribution in [1.29, 1.82) is 0 Å². The number of nitrogens with zero attached hydrogens (tertiary/aromatic N) is 2. The van der Waals surface area contributed by atoms with Crippen LogP contribution in [0.5, 0.6) is 0 Å². The van der Waals surface area contributed by atoms with Crippen molar-refractivity contribution < 1.29 is 9.53 Å². The molecule has 5 nitrogen and oxygen atoms in total. The van der Waals surface area contributed by atoms with Crippen LogP contribution in [0.4, 0.5) is 0 Å². The summed E-state index contributed by atoms with van der Waals surface area (Å²) in [7, 11) is 3.28. The molecule has 1 atom stereocenters. The Hall–Kier alpha value is -1.01. The summed E-state index contributed by atoms with van der Waals surface area (Å²) in [5, 5.41) is 7.36. The van der Waals surface area contributed by atoms with Crippen molar-refractivity contribution >= 4 is 17.7 Å². The number of hydrogen-bond donors (Lipinski definition) is 1. The van der Waals surface area contributed by atoms with E-state index >= 15 is 0 Å². The highest BCUT2D eigenvalue weighted by atomic mass is 32.2. The number of aromatic nitrogens is 2. The van der Waals surface area contributed by atoms with Gasteiger partial charge in [0.05, 0.1) is 13.3 Å². The van der Waals surface area contributed by atoms with Gasteiger partial charge in [-0.05, 0) is 20.8 Å². The Bertz CT molecular complexity index is 406. The minimum absolute atomic E-state index is 0.212. The third kappa shape index (κ3) is 4.03. The van der Waals surface area contributed by atoms with Crippen LogP contribution in [0.1, 0.15) is 20.8 Å². The SMILES string of the molecule is COC(=O)C(C)(CSc1cnn(C)c1)NC(C)C. The molecule has 0 spiro atoms. The number of aryl methyl sites for hydroxylation is 1. The number of ether oxygens (including phenoxy) is 1. The number of esters is 1. The lowest BCUT2D eigenvalue weighted by Gasteiger charge is -2.29. The molecule has 0 aliphatic heterocycles. The zero-order valence-corrected chi connectivity index (χ0v) is 12.4. The molecule has 1 aromatic heterocycles. The first-order valence-electron chi connectivity index (χ1n) is 5.85. The number of carbonyl (C=O) groups is 1. The van der Waals surface area contributed by atoms with Gasteiger partial charge in [-0.1, -0.05) is 0 Å². The number of carbonyl (C=O) groups excluding carboxylic acids is 1. The van der Waals surface area contributed by atoms with E-state index in [4.69, 9.17) is 4.74 Å². The average Bonchev–Trinajstić information content (AvgIpc) is 2.70. The quantitative estimate of drug-likeness (QED) is 0.627. The first-order valence-corrected chi connectivity index (χ1v) is 6.83. The Balaban J connectivity index is 2.69. The maximum Gasteiger partial charge on any atom is 0.326 e. The summed E-state index contributed by atoms with van der Waals surface area (Å²) in [4.78, 5) is 12.9. The van der Waals surface area contributed by atoms with Crippen molar-refractivity contribution in [3.05, 3.63) is 12.4 Å². The van der Waals surface area contributed by atoms with Gasteiger partial charge < -0.3 is 4.74 Å². The fraction of sp³-hybridized carbons (Fsp3) is 0.667. The third-order valence-electron chi connectivity index (χ3n) is 2.45. The topological polar surface area (TPSA) is 56.1 Å². The highest BCUT2D eigenvalue weighted by Gasteiger charge is 2.34. The number of rotatable bonds is 6. The Morgan fingerprint density at radius 3 is 2.78 bits per heavy atom. The summed E-state index contributed by atoms with van der Waals surface area (Å²) in [5.41, 5.74) is -0.691. The van der Waals surface area contributed by atoms with E-state index in [0.717, 1.165) is 4.90 Å². The maximum atomic E-state index is 11.9. The van der Waals surface area contributed by atoms with E-state index in [2.05, 4.69) is 10.4 Å². The Kier molecular flexibility index (Phi) is 5.22. The average molecular weight is 271 g/mol. The van der Waals surface area contributed by atoms with Gasteiger partial charge in [-0.3, -0.25) is 14.8 Å². The van der Waals surface area contributed by atoms with E-state index in [1.807, 2.05) is 34.0 Å². The molecule has 0 saturated carbocycles. The van der Waals surface area contributed by atoms with Crippen LogP contribution in [0.2, 0.25) is 0 Å². The monoisotopic (exact) mass is 271 g/mol. The van der Waals surface area contributed by atoms with Crippen LogP contribution in [0.15, 0.2) is 17.3 Å². The van der Waals surface area contributed by atoms with E-state index in [0.29, 0.717) is 5.75 Å². The largest absolute Gasteiger partial charge is 0.468 e. The van der Waals surface area contributed by atoms with Crippen molar-refractivity contribution in [2.75, 3.05) is 12.9 Å². The van der Waals surface area contributed by atoms with Crippen molar-refractivity contribution in [2.24, 2.45) is 7.05 Å². The van der Waals surface area contributed by atoms with E-state index in [9.17, 15) is 4.79 Å². The first kappa shape index (κ1) is 15.0. The zero-order valence-electron chi connectivity index (χ0n) is 11.6. The number of methoxy groups -OCH3 is 1. The lowest BCUT2D eigenvalue weighted by molar-refractivity contribution is -0.147. The van der Waals surface area contributed by atoms with Crippen LogP contribution >= 0.6 is 11.8 Å². The summed E-state index contributed by atoms with van der Waals surface area (Å²) in [5.74, 6) is 0.358. The fourth-order valence-corrected chi connectivity index (χ4v) is 2.73. The van der Waals surface area contributed by atoms with Gasteiger partial charge in [0.15, 0.2) is 0 Å². The number of nitrogens with one attached hydrogen (secondary N) is 1. The van der Waals surface area contributed by atoms with Gasteiger partial charge in [0.25, 0.3) is 0 Å². The first-order chi connectivity index (χ1) is 8.37. The molecule has 0 fully saturated rings. The van der Waals surface area contributed by atoms with Gasteiger partial charge in [0.2, 0.25) is 0 Å². The molecule has 0 saturated heterocycles. The fourth-order valence-electron chi connectivity index (χ4n) is 1.72. The smallest absolute Gasteiger partial charge is 0.326 e. The van der Waals surface area contributed by atoms with Crippen LogP contribution in [-0.4, -0.2) is 40.2 Å². The van der Waals surface area contributed by atoms with Gasteiger partial charge in [-0.2, -0.15) is 5.10 Å². The van der Waals surface area contributed by atoms with E-state index in [1.54, 1.807) is 22.6 Å². The summed E-state index contributed by atoms with van der Waals surface area (Å²) in [6.45, 7) is 5.88. The highest BCUT2D eigenvalue weighted by Crippen LogP contribution is 2.23. The second kappa shape index (κ2) is 6.24. The molecule has 0 aliphatic carbocycles. The molecular weight excluding hydrogens is 250 g/mol. The molecule has 1 heterocycles. The molecule has 0 aromatic carbocycles. The zero-order chi connectivity index (χ0) is 13.8. The molecule has 0 aliphatic rings. The second-order valence-electron chi connectivity index (χ2n) is 4.76. The van der Waals surface area contributed by atoms with E-state index in [-0.39, 0.29) is 12.0 Å².